The zero-order valence-electron chi connectivity index (χ0n) is 16.0. The summed E-state index contributed by atoms with van der Waals surface area (Å²) >= 11 is 0. The summed E-state index contributed by atoms with van der Waals surface area (Å²) in [6.45, 7) is 5.31. The molecule has 0 saturated heterocycles. The first-order valence-corrected chi connectivity index (χ1v) is 9.92. The average Bonchev–Trinajstić information content (AvgIpc) is 2.89. The topological polar surface area (TPSA) is 30.8 Å². The van der Waals surface area contributed by atoms with Gasteiger partial charge >= 0.3 is 0 Å². The molecule has 0 saturated carbocycles. The maximum absolute atomic E-state index is 13.2. The van der Waals surface area contributed by atoms with E-state index in [4.69, 9.17) is 14.5 Å². The van der Waals surface area contributed by atoms with Gasteiger partial charge in [-0.1, -0.05) is 25.1 Å². The third-order valence-corrected chi connectivity index (χ3v) is 4.63. The van der Waals surface area contributed by atoms with Crippen molar-refractivity contribution < 1.29 is 13.9 Å². The average molecular weight is 369 g/mol. The lowest BCUT2D eigenvalue weighted by molar-refractivity contribution is 0.131. The van der Waals surface area contributed by atoms with Crippen molar-refractivity contribution in [3.8, 4) is 16.9 Å². The predicted molar refractivity (Wildman–Crippen MR) is 108 cm³/mol. The van der Waals surface area contributed by atoms with Gasteiger partial charge in [0.05, 0.1) is 6.61 Å². The summed E-state index contributed by atoms with van der Waals surface area (Å²) in [5.74, 6) is 0.652. The van der Waals surface area contributed by atoms with Crippen molar-refractivity contribution in [3.63, 3.8) is 0 Å². The van der Waals surface area contributed by atoms with E-state index >= 15 is 0 Å². The summed E-state index contributed by atoms with van der Waals surface area (Å²) in [6, 6.07) is 12.8. The number of aliphatic imine (C=N–C) groups is 1. The molecule has 0 fully saturated rings. The maximum atomic E-state index is 13.2. The van der Waals surface area contributed by atoms with Crippen LogP contribution in [0, 0.1) is 5.82 Å². The number of halogens is 1. The third-order valence-electron chi connectivity index (χ3n) is 4.63. The van der Waals surface area contributed by atoms with Crippen molar-refractivity contribution >= 4 is 5.71 Å². The van der Waals surface area contributed by atoms with Crippen LogP contribution in [0.1, 0.15) is 44.6 Å². The SMILES string of the molecule is CCCOCCCCN=C1CCCOc2cc(-c3ccc(F)cc3)ccc21. The van der Waals surface area contributed by atoms with Gasteiger partial charge in [-0.25, -0.2) is 4.39 Å². The van der Waals surface area contributed by atoms with E-state index in [2.05, 4.69) is 19.1 Å². The highest BCUT2D eigenvalue weighted by molar-refractivity contribution is 6.03. The largest absolute Gasteiger partial charge is 0.493 e. The molecule has 0 N–H and O–H groups in total. The second-order valence-corrected chi connectivity index (χ2v) is 6.82. The molecule has 0 bridgehead atoms. The van der Waals surface area contributed by atoms with E-state index in [1.807, 2.05) is 6.07 Å². The van der Waals surface area contributed by atoms with Crippen molar-refractivity contribution in [1.29, 1.82) is 0 Å². The highest BCUT2D eigenvalue weighted by Gasteiger charge is 2.16. The Labute approximate surface area is 161 Å². The molecule has 144 valence electrons. The number of benzene rings is 2. The number of unbranched alkanes of at least 4 members (excludes halogenated alkanes) is 1. The summed E-state index contributed by atoms with van der Waals surface area (Å²) in [7, 11) is 0. The Bertz CT molecular complexity index is 755. The summed E-state index contributed by atoms with van der Waals surface area (Å²) in [4.78, 5) is 4.85. The Kier molecular flexibility index (Phi) is 7.40. The quantitative estimate of drug-likeness (QED) is 0.562. The molecule has 27 heavy (non-hydrogen) atoms. The molecule has 0 aliphatic carbocycles. The van der Waals surface area contributed by atoms with Gasteiger partial charge in [0, 0.05) is 31.0 Å². The predicted octanol–water partition coefficient (Wildman–Crippen LogP) is 5.66. The van der Waals surface area contributed by atoms with Gasteiger partial charge in [0.15, 0.2) is 0 Å². The first kappa shape index (κ1) is 19.6. The molecule has 0 amide bonds. The number of hydrogen-bond donors (Lipinski definition) is 0. The van der Waals surface area contributed by atoms with Crippen LogP contribution in [0.4, 0.5) is 4.39 Å². The van der Waals surface area contributed by atoms with Crippen molar-refractivity contribution in [3.05, 3.63) is 53.8 Å². The Hall–Kier alpha value is -2.20. The van der Waals surface area contributed by atoms with Crippen molar-refractivity contribution in [2.24, 2.45) is 4.99 Å². The number of rotatable bonds is 8. The molecule has 3 rings (SSSR count). The van der Waals surface area contributed by atoms with Crippen molar-refractivity contribution in [1.82, 2.24) is 0 Å². The standard InChI is InChI=1S/C23H28FNO2/c1-2-14-26-15-4-3-13-25-22-6-5-16-27-23-17-19(9-12-21(22)23)18-7-10-20(24)11-8-18/h7-12,17H,2-6,13-16H2,1H3. The Morgan fingerprint density at radius 3 is 2.67 bits per heavy atom. The van der Waals surface area contributed by atoms with E-state index in [1.54, 1.807) is 12.1 Å². The van der Waals surface area contributed by atoms with Gasteiger partial charge in [0.25, 0.3) is 0 Å². The second-order valence-electron chi connectivity index (χ2n) is 6.82. The van der Waals surface area contributed by atoms with Crippen LogP contribution < -0.4 is 4.74 Å². The zero-order chi connectivity index (χ0) is 18.9. The third kappa shape index (κ3) is 5.64. The van der Waals surface area contributed by atoms with Crippen molar-refractivity contribution in [2.45, 2.75) is 39.0 Å². The van der Waals surface area contributed by atoms with Gasteiger partial charge in [-0.2, -0.15) is 0 Å². The minimum atomic E-state index is -0.223. The van der Waals surface area contributed by atoms with Crippen molar-refractivity contribution in [2.75, 3.05) is 26.4 Å². The van der Waals surface area contributed by atoms with Gasteiger partial charge in [-0.3, -0.25) is 4.99 Å². The van der Waals surface area contributed by atoms with E-state index < -0.39 is 0 Å². The molecule has 1 aliphatic rings. The fourth-order valence-electron chi connectivity index (χ4n) is 3.20. The highest BCUT2D eigenvalue weighted by atomic mass is 19.1. The molecule has 3 nitrogen and oxygen atoms in total. The van der Waals surface area contributed by atoms with Crippen LogP contribution >= 0.6 is 0 Å². The first-order chi connectivity index (χ1) is 13.3. The molecule has 2 aromatic rings. The van der Waals surface area contributed by atoms with Crippen LogP contribution in [0.25, 0.3) is 11.1 Å². The molecule has 0 aromatic heterocycles. The van der Waals surface area contributed by atoms with E-state index in [0.717, 1.165) is 80.0 Å². The number of ether oxygens (including phenoxy) is 2. The summed E-state index contributed by atoms with van der Waals surface area (Å²) < 4.78 is 24.6. The second kappa shape index (κ2) is 10.2. The van der Waals surface area contributed by atoms with Gasteiger partial charge in [-0.05, 0) is 67.5 Å². The molecular weight excluding hydrogens is 341 g/mol. The first-order valence-electron chi connectivity index (χ1n) is 9.92. The van der Waals surface area contributed by atoms with Crippen LogP contribution in [0.3, 0.4) is 0 Å². The normalized spacial score (nSPS) is 15.3. The smallest absolute Gasteiger partial charge is 0.128 e. The van der Waals surface area contributed by atoms with E-state index in [0.29, 0.717) is 6.61 Å². The van der Waals surface area contributed by atoms with Gasteiger partial charge in [-0.15, -0.1) is 0 Å². The Balaban J connectivity index is 1.68. The maximum Gasteiger partial charge on any atom is 0.128 e. The molecule has 1 heterocycles. The summed E-state index contributed by atoms with van der Waals surface area (Å²) in [5, 5.41) is 0. The zero-order valence-corrected chi connectivity index (χ0v) is 16.0. The lowest BCUT2D eigenvalue weighted by Gasteiger charge is -2.11. The molecule has 2 aromatic carbocycles. The lowest BCUT2D eigenvalue weighted by Crippen LogP contribution is -2.02. The molecular formula is C23H28FNO2. The molecule has 0 radical (unpaired) electrons. The fourth-order valence-corrected chi connectivity index (χ4v) is 3.20. The Morgan fingerprint density at radius 1 is 1.04 bits per heavy atom. The fraction of sp³-hybridized carbons (Fsp3) is 0.435. The Morgan fingerprint density at radius 2 is 1.85 bits per heavy atom. The van der Waals surface area contributed by atoms with Gasteiger partial charge in [0.2, 0.25) is 0 Å². The van der Waals surface area contributed by atoms with Crippen LogP contribution in [-0.2, 0) is 4.74 Å². The van der Waals surface area contributed by atoms with Crippen LogP contribution in [-0.4, -0.2) is 32.1 Å². The van der Waals surface area contributed by atoms with Gasteiger partial charge < -0.3 is 9.47 Å². The van der Waals surface area contributed by atoms with E-state index in [1.165, 1.54) is 12.1 Å². The lowest BCUT2D eigenvalue weighted by atomic mass is 9.99. The molecule has 0 spiro atoms. The minimum Gasteiger partial charge on any atom is -0.493 e. The molecule has 0 atom stereocenters. The van der Waals surface area contributed by atoms with Gasteiger partial charge in [0.1, 0.15) is 11.6 Å². The van der Waals surface area contributed by atoms with Crippen LogP contribution in [0.2, 0.25) is 0 Å². The summed E-state index contributed by atoms with van der Waals surface area (Å²) in [5.41, 5.74) is 4.23. The minimum absolute atomic E-state index is 0.223. The molecule has 1 aliphatic heterocycles. The number of hydrogen-bond acceptors (Lipinski definition) is 3. The van der Waals surface area contributed by atoms with Crippen LogP contribution in [0.15, 0.2) is 47.5 Å². The van der Waals surface area contributed by atoms with E-state index in [9.17, 15) is 4.39 Å². The number of fused-ring (bicyclic) bond motifs is 1. The molecule has 0 unspecified atom stereocenters. The monoisotopic (exact) mass is 369 g/mol. The molecule has 4 heteroatoms. The summed E-state index contributed by atoms with van der Waals surface area (Å²) in [6.07, 6.45) is 5.06. The van der Waals surface area contributed by atoms with E-state index in [-0.39, 0.29) is 5.82 Å². The van der Waals surface area contributed by atoms with Crippen LogP contribution in [0.5, 0.6) is 5.75 Å². The highest BCUT2D eigenvalue weighted by Crippen LogP contribution is 2.30. The number of nitrogens with zero attached hydrogens (tertiary/aromatic N) is 1.